The molecule has 0 aliphatic rings. The normalized spacial score (nSPS) is 12.6. The molecule has 0 amide bonds. The van der Waals surface area contributed by atoms with Gasteiger partial charge < -0.3 is 4.42 Å². The van der Waals surface area contributed by atoms with E-state index in [0.717, 1.165) is 5.76 Å². The summed E-state index contributed by atoms with van der Waals surface area (Å²) in [5.74, 6) is 0.805. The van der Waals surface area contributed by atoms with E-state index in [0.29, 0.717) is 0 Å². The molecule has 1 aromatic rings. The number of nitrogens with zero attached hydrogens (tertiary/aromatic N) is 1. The van der Waals surface area contributed by atoms with Gasteiger partial charge in [0.05, 0.1) is 18.0 Å². The number of furan rings is 1. The molecule has 1 aromatic heterocycles. The predicted molar refractivity (Wildman–Crippen MR) is 46.1 cm³/mol. The molecule has 0 N–H and O–H groups in total. The van der Waals surface area contributed by atoms with Crippen molar-refractivity contribution in [1.29, 1.82) is 0 Å². The molecule has 2 nitrogen and oxygen atoms in total. The summed E-state index contributed by atoms with van der Waals surface area (Å²) >= 11 is 0. The number of hydrogen-bond donors (Lipinski definition) is 0. The highest BCUT2D eigenvalue weighted by atomic mass is 16.3. The molecule has 0 saturated heterocycles. The maximum atomic E-state index is 5.08. The number of rotatable bonds is 1. The molecule has 0 saturated carbocycles. The van der Waals surface area contributed by atoms with E-state index in [1.165, 1.54) is 0 Å². The lowest BCUT2D eigenvalue weighted by molar-refractivity contribution is 0.551. The van der Waals surface area contributed by atoms with Gasteiger partial charge in [-0.3, -0.25) is 4.99 Å². The summed E-state index contributed by atoms with van der Waals surface area (Å²) in [5.41, 5.74) is -0.0210. The van der Waals surface area contributed by atoms with Crippen molar-refractivity contribution in [2.45, 2.75) is 26.3 Å². The van der Waals surface area contributed by atoms with E-state index in [2.05, 4.69) is 4.99 Å². The Morgan fingerprint density at radius 2 is 2.18 bits per heavy atom. The zero-order valence-corrected chi connectivity index (χ0v) is 7.16. The van der Waals surface area contributed by atoms with E-state index in [-0.39, 0.29) is 5.54 Å². The second kappa shape index (κ2) is 2.91. The summed E-state index contributed by atoms with van der Waals surface area (Å²) in [7, 11) is 0. The highest BCUT2D eigenvalue weighted by molar-refractivity contribution is 5.75. The lowest BCUT2D eigenvalue weighted by Crippen LogP contribution is -2.09. The molecule has 11 heavy (non-hydrogen) atoms. The van der Waals surface area contributed by atoms with Crippen LogP contribution < -0.4 is 0 Å². The van der Waals surface area contributed by atoms with E-state index in [4.69, 9.17) is 4.42 Å². The fourth-order valence-corrected chi connectivity index (χ4v) is 0.622. The van der Waals surface area contributed by atoms with Crippen molar-refractivity contribution in [3.8, 4) is 0 Å². The zero-order valence-electron chi connectivity index (χ0n) is 7.16. The third-order valence-electron chi connectivity index (χ3n) is 1.12. The van der Waals surface area contributed by atoms with Crippen LogP contribution in [-0.4, -0.2) is 11.8 Å². The lowest BCUT2D eigenvalue weighted by Gasteiger charge is -2.09. The highest BCUT2D eigenvalue weighted by Gasteiger charge is 2.04. The van der Waals surface area contributed by atoms with Crippen LogP contribution in [0.25, 0.3) is 0 Å². The molecule has 0 aliphatic heterocycles. The van der Waals surface area contributed by atoms with Crippen LogP contribution in [-0.2, 0) is 0 Å². The fourth-order valence-electron chi connectivity index (χ4n) is 0.622. The van der Waals surface area contributed by atoms with Crippen molar-refractivity contribution in [1.82, 2.24) is 0 Å². The molecule has 2 heteroatoms. The van der Waals surface area contributed by atoms with E-state index < -0.39 is 0 Å². The minimum Gasteiger partial charge on any atom is -0.463 e. The average molecular weight is 151 g/mol. The highest BCUT2D eigenvalue weighted by Crippen LogP contribution is 2.06. The smallest absolute Gasteiger partial charge is 0.144 e. The van der Waals surface area contributed by atoms with E-state index in [9.17, 15) is 0 Å². The Kier molecular flexibility index (Phi) is 2.13. The van der Waals surface area contributed by atoms with Crippen LogP contribution in [0.4, 0.5) is 0 Å². The molecule has 0 aliphatic carbocycles. The minimum atomic E-state index is -0.0210. The largest absolute Gasteiger partial charge is 0.463 e. The summed E-state index contributed by atoms with van der Waals surface area (Å²) in [4.78, 5) is 4.28. The topological polar surface area (TPSA) is 25.5 Å². The zero-order chi connectivity index (χ0) is 8.32. The number of aliphatic imine (C=N–C) groups is 1. The third-order valence-corrected chi connectivity index (χ3v) is 1.12. The van der Waals surface area contributed by atoms with Crippen LogP contribution in [0, 0.1) is 0 Å². The first-order chi connectivity index (χ1) is 5.08. The van der Waals surface area contributed by atoms with Crippen LogP contribution >= 0.6 is 0 Å². The standard InChI is InChI=1S/C9H13NO/c1-9(2,3)10-7-8-5-4-6-11-8/h4-7H,1-3H3. The molecule has 0 spiro atoms. The third kappa shape index (κ3) is 3.03. The van der Waals surface area contributed by atoms with Crippen molar-refractivity contribution >= 4 is 6.21 Å². The molecule has 0 aromatic carbocycles. The van der Waals surface area contributed by atoms with Crippen LogP contribution in [0.1, 0.15) is 26.5 Å². The summed E-state index contributed by atoms with van der Waals surface area (Å²) in [6.07, 6.45) is 3.39. The molecule has 1 heterocycles. The molecular formula is C9H13NO. The Hall–Kier alpha value is -1.05. The maximum Gasteiger partial charge on any atom is 0.144 e. The van der Waals surface area contributed by atoms with Crippen LogP contribution in [0.2, 0.25) is 0 Å². The van der Waals surface area contributed by atoms with Gasteiger partial charge in [-0.25, -0.2) is 0 Å². The molecule has 0 fully saturated rings. The quantitative estimate of drug-likeness (QED) is 0.566. The Morgan fingerprint density at radius 1 is 1.45 bits per heavy atom. The maximum absolute atomic E-state index is 5.08. The van der Waals surface area contributed by atoms with E-state index in [1.54, 1.807) is 12.5 Å². The Balaban J connectivity index is 2.63. The average Bonchev–Trinajstić information content (AvgIpc) is 2.32. The molecular weight excluding hydrogens is 138 g/mol. The summed E-state index contributed by atoms with van der Waals surface area (Å²) in [6, 6.07) is 3.74. The molecule has 0 bridgehead atoms. The van der Waals surface area contributed by atoms with Crippen LogP contribution in [0.5, 0.6) is 0 Å². The van der Waals surface area contributed by atoms with Crippen LogP contribution in [0.15, 0.2) is 27.8 Å². The predicted octanol–water partition coefficient (Wildman–Crippen LogP) is 2.50. The van der Waals surface area contributed by atoms with Gasteiger partial charge >= 0.3 is 0 Å². The number of hydrogen-bond acceptors (Lipinski definition) is 2. The summed E-state index contributed by atoms with van der Waals surface area (Å²) < 4.78 is 5.08. The van der Waals surface area contributed by atoms with Gasteiger partial charge in [-0.1, -0.05) is 0 Å². The lowest BCUT2D eigenvalue weighted by atomic mass is 10.1. The van der Waals surface area contributed by atoms with Gasteiger partial charge in [0.15, 0.2) is 0 Å². The van der Waals surface area contributed by atoms with Crippen molar-refractivity contribution in [2.24, 2.45) is 4.99 Å². The van der Waals surface area contributed by atoms with Gasteiger partial charge in [0.25, 0.3) is 0 Å². The van der Waals surface area contributed by atoms with Gasteiger partial charge in [0, 0.05) is 0 Å². The van der Waals surface area contributed by atoms with Gasteiger partial charge in [0.2, 0.25) is 0 Å². The van der Waals surface area contributed by atoms with Crippen molar-refractivity contribution in [3.63, 3.8) is 0 Å². The van der Waals surface area contributed by atoms with Gasteiger partial charge in [-0.05, 0) is 32.9 Å². The monoisotopic (exact) mass is 151 g/mol. The second-order valence-electron chi connectivity index (χ2n) is 3.44. The van der Waals surface area contributed by atoms with Crippen molar-refractivity contribution < 1.29 is 4.42 Å². The fraction of sp³-hybridized carbons (Fsp3) is 0.444. The first kappa shape index (κ1) is 8.05. The van der Waals surface area contributed by atoms with Crippen LogP contribution in [0.3, 0.4) is 0 Å². The molecule has 0 radical (unpaired) electrons. The van der Waals surface area contributed by atoms with Gasteiger partial charge in [-0.2, -0.15) is 0 Å². The van der Waals surface area contributed by atoms with Gasteiger partial charge in [-0.15, -0.1) is 0 Å². The first-order valence-corrected chi connectivity index (χ1v) is 3.67. The Morgan fingerprint density at radius 3 is 2.64 bits per heavy atom. The summed E-state index contributed by atoms with van der Waals surface area (Å²) in [6.45, 7) is 6.14. The van der Waals surface area contributed by atoms with Crippen molar-refractivity contribution in [3.05, 3.63) is 24.2 Å². The molecule has 0 unspecified atom stereocenters. The first-order valence-electron chi connectivity index (χ1n) is 3.67. The summed E-state index contributed by atoms with van der Waals surface area (Å²) in [5, 5.41) is 0. The molecule has 1 rings (SSSR count). The van der Waals surface area contributed by atoms with Crippen molar-refractivity contribution in [2.75, 3.05) is 0 Å². The van der Waals surface area contributed by atoms with Gasteiger partial charge in [0.1, 0.15) is 5.76 Å². The van der Waals surface area contributed by atoms with E-state index >= 15 is 0 Å². The Labute approximate surface area is 66.9 Å². The Bertz CT molecular complexity index is 229. The second-order valence-corrected chi connectivity index (χ2v) is 3.44. The minimum absolute atomic E-state index is 0.0210. The molecule has 60 valence electrons. The SMILES string of the molecule is CC(C)(C)N=Cc1ccco1. The van der Waals surface area contributed by atoms with E-state index in [1.807, 2.05) is 32.9 Å². The molecule has 0 atom stereocenters.